The summed E-state index contributed by atoms with van der Waals surface area (Å²) in [5, 5.41) is 9.73. The fourth-order valence-electron chi connectivity index (χ4n) is 3.68. The molecule has 0 unspecified atom stereocenters. The second kappa shape index (κ2) is 9.81. The molecule has 0 heterocycles. The van der Waals surface area contributed by atoms with Crippen LogP contribution in [0.5, 0.6) is 0 Å². The molecule has 1 fully saturated rings. The van der Waals surface area contributed by atoms with E-state index < -0.39 is 0 Å². The molecule has 0 aromatic heterocycles. The molecule has 0 aromatic carbocycles. The number of ether oxygens (including phenoxy) is 2. The Balaban J connectivity index is 2.30. The normalized spacial score (nSPS) is 28.7. The van der Waals surface area contributed by atoms with E-state index in [2.05, 4.69) is 20.8 Å². The van der Waals surface area contributed by atoms with E-state index in [0.29, 0.717) is 0 Å². The summed E-state index contributed by atoms with van der Waals surface area (Å²) in [4.78, 5) is 0. The van der Waals surface area contributed by atoms with E-state index in [1.807, 2.05) is 0 Å². The van der Waals surface area contributed by atoms with E-state index in [4.69, 9.17) is 9.47 Å². The first-order valence-corrected chi connectivity index (χ1v) is 8.82. The Morgan fingerprint density at radius 3 is 2.38 bits per heavy atom. The molecule has 0 saturated heterocycles. The molecular weight excluding hydrogens is 264 g/mol. The van der Waals surface area contributed by atoms with Gasteiger partial charge in [-0.05, 0) is 24.7 Å². The van der Waals surface area contributed by atoms with Gasteiger partial charge in [-0.1, -0.05) is 52.9 Å². The van der Waals surface area contributed by atoms with E-state index in [9.17, 15) is 5.11 Å². The summed E-state index contributed by atoms with van der Waals surface area (Å²) in [5.74, 6) is 0.110. The van der Waals surface area contributed by atoms with E-state index in [1.165, 1.54) is 32.1 Å². The molecule has 0 spiro atoms. The molecule has 1 aliphatic rings. The van der Waals surface area contributed by atoms with Crippen molar-refractivity contribution in [3.8, 4) is 0 Å². The predicted molar refractivity (Wildman–Crippen MR) is 87.5 cm³/mol. The van der Waals surface area contributed by atoms with Gasteiger partial charge in [0.1, 0.15) is 0 Å². The van der Waals surface area contributed by atoms with Gasteiger partial charge in [-0.3, -0.25) is 0 Å². The summed E-state index contributed by atoms with van der Waals surface area (Å²) >= 11 is 0. The first-order valence-electron chi connectivity index (χ1n) is 8.82. The van der Waals surface area contributed by atoms with Crippen molar-refractivity contribution in [3.63, 3.8) is 0 Å². The minimum absolute atomic E-state index is 0.0887. The third-order valence-electron chi connectivity index (χ3n) is 5.00. The summed E-state index contributed by atoms with van der Waals surface area (Å²) in [6.07, 6.45) is 10.1. The zero-order chi connectivity index (χ0) is 15.7. The van der Waals surface area contributed by atoms with Gasteiger partial charge in [0.15, 0.2) is 0 Å². The molecule has 0 radical (unpaired) electrons. The fraction of sp³-hybridized carbons (Fsp3) is 1.00. The molecule has 0 amide bonds. The quantitative estimate of drug-likeness (QED) is 0.615. The molecular formula is C18H36O3. The zero-order valence-corrected chi connectivity index (χ0v) is 14.6. The maximum Gasteiger partial charge on any atom is 0.0697 e. The van der Waals surface area contributed by atoms with Crippen molar-refractivity contribution in [2.45, 2.75) is 84.3 Å². The Morgan fingerprint density at radius 2 is 1.76 bits per heavy atom. The molecule has 0 aliphatic heterocycles. The summed E-state index contributed by atoms with van der Waals surface area (Å²) in [6, 6.07) is 0. The topological polar surface area (TPSA) is 38.7 Å². The molecule has 3 atom stereocenters. The maximum atomic E-state index is 9.73. The van der Waals surface area contributed by atoms with Gasteiger partial charge in [0.05, 0.1) is 18.8 Å². The predicted octanol–water partition coefficient (Wildman–Crippen LogP) is 4.18. The lowest BCUT2D eigenvalue weighted by molar-refractivity contribution is -0.143. The Morgan fingerprint density at radius 1 is 1.10 bits per heavy atom. The van der Waals surface area contributed by atoms with Crippen LogP contribution in [0, 0.1) is 11.3 Å². The highest BCUT2D eigenvalue weighted by Crippen LogP contribution is 2.41. The molecule has 21 heavy (non-hydrogen) atoms. The number of methoxy groups -OCH3 is 1. The average Bonchev–Trinajstić information content (AvgIpc) is 2.46. The highest BCUT2D eigenvalue weighted by atomic mass is 16.5. The van der Waals surface area contributed by atoms with Crippen molar-refractivity contribution in [2.24, 2.45) is 11.3 Å². The van der Waals surface area contributed by atoms with Gasteiger partial charge in [0.2, 0.25) is 0 Å². The molecule has 3 nitrogen and oxygen atoms in total. The second-order valence-electron chi connectivity index (χ2n) is 7.21. The number of aliphatic hydroxyl groups excluding tert-OH is 1. The van der Waals surface area contributed by atoms with Gasteiger partial charge in [-0.15, -0.1) is 0 Å². The Labute approximate surface area is 131 Å². The van der Waals surface area contributed by atoms with Crippen LogP contribution in [0.2, 0.25) is 0 Å². The average molecular weight is 300 g/mol. The van der Waals surface area contributed by atoms with Gasteiger partial charge in [0, 0.05) is 19.6 Å². The standard InChI is InChI=1S/C18H36O3/c1-5-6-7-8-9-10-13-21-16-11-12-18(2,3)17(20-4)15(16)14-19/h15-17,19H,5-14H2,1-4H3/t15-,16+,17+/m0/s1. The minimum Gasteiger partial charge on any atom is -0.396 e. The van der Waals surface area contributed by atoms with Crippen molar-refractivity contribution in [3.05, 3.63) is 0 Å². The molecule has 1 N–H and O–H groups in total. The summed E-state index contributed by atoms with van der Waals surface area (Å²) in [6.45, 7) is 7.68. The fourth-order valence-corrected chi connectivity index (χ4v) is 3.68. The van der Waals surface area contributed by atoms with Crippen LogP contribution in [-0.4, -0.2) is 37.6 Å². The third-order valence-corrected chi connectivity index (χ3v) is 5.00. The van der Waals surface area contributed by atoms with Crippen molar-refractivity contribution < 1.29 is 14.6 Å². The second-order valence-corrected chi connectivity index (χ2v) is 7.21. The molecule has 1 rings (SSSR count). The van der Waals surface area contributed by atoms with Crippen LogP contribution in [-0.2, 0) is 9.47 Å². The lowest BCUT2D eigenvalue weighted by atomic mass is 9.68. The largest absolute Gasteiger partial charge is 0.396 e. The van der Waals surface area contributed by atoms with E-state index in [-0.39, 0.29) is 30.1 Å². The van der Waals surface area contributed by atoms with Crippen LogP contribution >= 0.6 is 0 Å². The van der Waals surface area contributed by atoms with Crippen LogP contribution < -0.4 is 0 Å². The highest BCUT2D eigenvalue weighted by molar-refractivity contribution is 4.94. The van der Waals surface area contributed by atoms with Crippen LogP contribution in [0.25, 0.3) is 0 Å². The molecule has 3 heteroatoms. The lowest BCUT2D eigenvalue weighted by Crippen LogP contribution is -2.50. The number of unbranched alkanes of at least 4 members (excludes halogenated alkanes) is 5. The van der Waals surface area contributed by atoms with Crippen LogP contribution in [0.3, 0.4) is 0 Å². The van der Waals surface area contributed by atoms with Gasteiger partial charge in [0.25, 0.3) is 0 Å². The van der Waals surface area contributed by atoms with Gasteiger partial charge >= 0.3 is 0 Å². The highest BCUT2D eigenvalue weighted by Gasteiger charge is 2.44. The van der Waals surface area contributed by atoms with Crippen molar-refractivity contribution in [1.29, 1.82) is 0 Å². The van der Waals surface area contributed by atoms with Gasteiger partial charge in [-0.2, -0.15) is 0 Å². The number of rotatable bonds is 10. The van der Waals surface area contributed by atoms with Crippen molar-refractivity contribution in [1.82, 2.24) is 0 Å². The Kier molecular flexibility index (Phi) is 8.84. The lowest BCUT2D eigenvalue weighted by Gasteiger charge is -2.46. The number of hydrogen-bond acceptors (Lipinski definition) is 3. The summed E-state index contributed by atoms with van der Waals surface area (Å²) in [7, 11) is 1.76. The first kappa shape index (κ1) is 18.9. The van der Waals surface area contributed by atoms with E-state index >= 15 is 0 Å². The molecule has 1 saturated carbocycles. The van der Waals surface area contributed by atoms with Gasteiger partial charge < -0.3 is 14.6 Å². The zero-order valence-electron chi connectivity index (χ0n) is 14.6. The monoisotopic (exact) mass is 300 g/mol. The van der Waals surface area contributed by atoms with Crippen molar-refractivity contribution in [2.75, 3.05) is 20.3 Å². The molecule has 0 aromatic rings. The smallest absolute Gasteiger partial charge is 0.0697 e. The Bertz CT molecular complexity index is 265. The summed E-state index contributed by atoms with van der Waals surface area (Å²) in [5.41, 5.74) is 0.127. The van der Waals surface area contributed by atoms with Gasteiger partial charge in [-0.25, -0.2) is 0 Å². The van der Waals surface area contributed by atoms with E-state index in [1.54, 1.807) is 7.11 Å². The third kappa shape index (κ3) is 5.88. The number of hydrogen-bond donors (Lipinski definition) is 1. The van der Waals surface area contributed by atoms with Crippen LogP contribution in [0.15, 0.2) is 0 Å². The van der Waals surface area contributed by atoms with Crippen LogP contribution in [0.1, 0.15) is 72.1 Å². The molecule has 1 aliphatic carbocycles. The van der Waals surface area contributed by atoms with Crippen LogP contribution in [0.4, 0.5) is 0 Å². The molecule has 0 bridgehead atoms. The van der Waals surface area contributed by atoms with E-state index in [0.717, 1.165) is 25.9 Å². The van der Waals surface area contributed by atoms with Crippen molar-refractivity contribution >= 4 is 0 Å². The Hall–Kier alpha value is -0.120. The summed E-state index contributed by atoms with van der Waals surface area (Å²) < 4.78 is 11.8. The maximum absolute atomic E-state index is 9.73. The number of aliphatic hydroxyl groups is 1. The minimum atomic E-state index is 0.0887. The SMILES string of the molecule is CCCCCCCCO[C@@H]1CCC(C)(C)[C@H](OC)[C@H]1CO. The molecule has 126 valence electrons. The first-order chi connectivity index (χ1) is 10.1.